The molecule has 0 unspecified atom stereocenters. The van der Waals surface area contributed by atoms with Crippen molar-refractivity contribution in [1.29, 1.82) is 0 Å². The Bertz CT molecular complexity index is 1340. The Kier molecular flexibility index (Phi) is 6.67. The van der Waals surface area contributed by atoms with Crippen molar-refractivity contribution >= 4 is 33.8 Å². The highest BCUT2D eigenvalue weighted by atomic mass is 32.1. The van der Waals surface area contributed by atoms with E-state index in [9.17, 15) is 18.0 Å². The molecule has 1 aliphatic rings. The number of nitrogens with zero attached hydrogens (tertiary/aromatic N) is 5. The Morgan fingerprint density at radius 2 is 2.06 bits per heavy atom. The van der Waals surface area contributed by atoms with Crippen LogP contribution in [0.1, 0.15) is 28.2 Å². The van der Waals surface area contributed by atoms with E-state index in [0.29, 0.717) is 32.2 Å². The first kappa shape index (κ1) is 24.3. The number of halogens is 3. The lowest BCUT2D eigenvalue weighted by Crippen LogP contribution is -2.36. The zero-order chi connectivity index (χ0) is 25.3. The maximum absolute atomic E-state index is 13.6. The van der Waals surface area contributed by atoms with Crippen molar-refractivity contribution < 1.29 is 18.0 Å². The molecule has 0 saturated carbocycles. The highest BCUT2D eigenvalue weighted by Gasteiger charge is 2.31. The number of rotatable bonds is 7. The third-order valence-corrected chi connectivity index (χ3v) is 7.15. The van der Waals surface area contributed by atoms with E-state index in [-0.39, 0.29) is 18.5 Å². The number of benzene rings is 1. The van der Waals surface area contributed by atoms with Crippen molar-refractivity contribution in [1.82, 2.24) is 35.2 Å². The summed E-state index contributed by atoms with van der Waals surface area (Å²) in [6.45, 7) is 0.900. The smallest absolute Gasteiger partial charge is 0.382 e. The van der Waals surface area contributed by atoms with Crippen LogP contribution in [0.25, 0.3) is 21.6 Å². The van der Waals surface area contributed by atoms with Gasteiger partial charge in [-0.05, 0) is 51.2 Å². The maximum Gasteiger partial charge on any atom is 0.406 e. The molecule has 0 radical (unpaired) electrons. The molecule has 1 amide bonds. The monoisotopic (exact) mass is 518 g/mol. The van der Waals surface area contributed by atoms with Gasteiger partial charge in [0.15, 0.2) is 5.01 Å². The fourth-order valence-electron chi connectivity index (χ4n) is 4.37. The van der Waals surface area contributed by atoms with Crippen LogP contribution in [-0.4, -0.2) is 68.1 Å². The number of H-pyrrole nitrogens is 1. The number of carbonyl (C=O) groups excluding carboxylic acids is 1. The fourth-order valence-corrected chi connectivity index (χ4v) is 5.18. The highest BCUT2D eigenvalue weighted by Crippen LogP contribution is 2.36. The van der Waals surface area contributed by atoms with Crippen LogP contribution in [0.3, 0.4) is 0 Å². The molecule has 0 atom stereocenters. The SMILES string of the molecule is CN1CCC(Nc2cccc3c2cc(-c2nnc(CNC(=O)c4cn[nH]c4)s2)n3CC(F)(F)F)CC1. The molecule has 4 aromatic rings. The molecular formula is C23H25F3N8OS. The lowest BCUT2D eigenvalue weighted by molar-refractivity contribution is -0.139. The van der Waals surface area contributed by atoms with Gasteiger partial charge >= 0.3 is 6.18 Å². The number of carbonyl (C=O) groups is 1. The van der Waals surface area contributed by atoms with Crippen LogP contribution in [0, 0.1) is 0 Å². The van der Waals surface area contributed by atoms with E-state index in [2.05, 4.69) is 43.0 Å². The second kappa shape index (κ2) is 9.90. The number of alkyl halides is 3. The van der Waals surface area contributed by atoms with Gasteiger partial charge in [-0.2, -0.15) is 18.3 Å². The summed E-state index contributed by atoms with van der Waals surface area (Å²) < 4.78 is 42.0. The van der Waals surface area contributed by atoms with Crippen LogP contribution in [0.4, 0.5) is 18.9 Å². The quantitative estimate of drug-likeness (QED) is 0.343. The van der Waals surface area contributed by atoms with Crippen molar-refractivity contribution in [3.05, 3.63) is 47.2 Å². The van der Waals surface area contributed by atoms with Gasteiger partial charge in [-0.15, -0.1) is 10.2 Å². The summed E-state index contributed by atoms with van der Waals surface area (Å²) in [5.74, 6) is -0.337. The van der Waals surface area contributed by atoms with E-state index in [1.807, 2.05) is 6.07 Å². The standard InChI is InChI=1S/C23H25F3N8OS/c1-33-7-5-15(6-8-33)30-17-3-2-4-18-16(17)9-19(34(18)13-23(24,25)26)22-32-31-20(36-22)12-27-21(35)14-10-28-29-11-14/h2-4,9-11,15,30H,5-8,12-13H2,1H3,(H,27,35)(H,28,29). The van der Waals surface area contributed by atoms with Crippen molar-refractivity contribution in [3.63, 3.8) is 0 Å². The molecule has 0 spiro atoms. The maximum atomic E-state index is 13.6. The summed E-state index contributed by atoms with van der Waals surface area (Å²) in [6.07, 6.45) is 0.381. The minimum Gasteiger partial charge on any atom is -0.382 e. The number of aromatic nitrogens is 5. The Morgan fingerprint density at radius 1 is 1.25 bits per heavy atom. The minimum atomic E-state index is -4.41. The molecule has 4 heterocycles. The first-order valence-electron chi connectivity index (χ1n) is 11.5. The van der Waals surface area contributed by atoms with Crippen LogP contribution in [0.2, 0.25) is 0 Å². The molecule has 3 aromatic heterocycles. The van der Waals surface area contributed by atoms with E-state index in [1.54, 1.807) is 18.2 Å². The third kappa shape index (κ3) is 5.36. The van der Waals surface area contributed by atoms with Gasteiger partial charge in [0.05, 0.1) is 29.5 Å². The van der Waals surface area contributed by atoms with Gasteiger partial charge in [-0.25, -0.2) is 0 Å². The largest absolute Gasteiger partial charge is 0.406 e. The van der Waals surface area contributed by atoms with Crippen LogP contribution in [0.5, 0.6) is 0 Å². The number of likely N-dealkylation sites (tertiary alicyclic amines) is 1. The molecule has 9 nitrogen and oxygen atoms in total. The number of hydrogen-bond acceptors (Lipinski definition) is 7. The third-order valence-electron chi connectivity index (χ3n) is 6.21. The summed E-state index contributed by atoms with van der Waals surface area (Å²) in [5.41, 5.74) is 1.99. The molecule has 1 aromatic carbocycles. The summed E-state index contributed by atoms with van der Waals surface area (Å²) in [7, 11) is 2.08. The number of nitrogens with one attached hydrogen (secondary N) is 3. The summed E-state index contributed by atoms with van der Waals surface area (Å²) in [5, 5.41) is 22.3. The number of amides is 1. The average molecular weight is 519 g/mol. The Balaban J connectivity index is 1.43. The molecule has 13 heteroatoms. The molecule has 0 bridgehead atoms. The van der Waals surface area contributed by atoms with Gasteiger partial charge in [0, 0.05) is 23.3 Å². The fraction of sp³-hybridized carbons (Fsp3) is 0.391. The first-order chi connectivity index (χ1) is 17.3. The van der Waals surface area contributed by atoms with Gasteiger partial charge in [-0.3, -0.25) is 9.89 Å². The minimum absolute atomic E-state index is 0.101. The summed E-state index contributed by atoms with van der Waals surface area (Å²) in [6, 6.07) is 7.37. The second-order valence-electron chi connectivity index (χ2n) is 8.86. The first-order valence-corrected chi connectivity index (χ1v) is 12.3. The number of hydrogen-bond donors (Lipinski definition) is 3. The zero-order valence-corrected chi connectivity index (χ0v) is 20.3. The van der Waals surface area contributed by atoms with E-state index < -0.39 is 12.7 Å². The van der Waals surface area contributed by atoms with Crippen molar-refractivity contribution in [3.8, 4) is 10.7 Å². The Labute approximate surface area is 208 Å². The molecular weight excluding hydrogens is 493 g/mol. The van der Waals surface area contributed by atoms with E-state index in [4.69, 9.17) is 0 Å². The van der Waals surface area contributed by atoms with Crippen LogP contribution in [0.15, 0.2) is 36.7 Å². The summed E-state index contributed by atoms with van der Waals surface area (Å²) in [4.78, 5) is 14.4. The van der Waals surface area contributed by atoms with Gasteiger partial charge in [0.1, 0.15) is 11.6 Å². The number of fused-ring (bicyclic) bond motifs is 1. The molecule has 36 heavy (non-hydrogen) atoms. The molecule has 0 aliphatic carbocycles. The molecule has 1 aliphatic heterocycles. The van der Waals surface area contributed by atoms with Crippen LogP contribution in [-0.2, 0) is 13.1 Å². The van der Waals surface area contributed by atoms with E-state index in [1.165, 1.54) is 17.0 Å². The second-order valence-corrected chi connectivity index (χ2v) is 9.92. The number of aromatic amines is 1. The molecule has 5 rings (SSSR count). The predicted octanol–water partition coefficient (Wildman–Crippen LogP) is 3.88. The molecule has 1 fully saturated rings. The lowest BCUT2D eigenvalue weighted by Gasteiger charge is -2.30. The Hall–Kier alpha value is -3.45. The van der Waals surface area contributed by atoms with Crippen LogP contribution < -0.4 is 10.6 Å². The normalized spacial score (nSPS) is 15.4. The number of piperidine rings is 1. The topological polar surface area (TPSA) is 104 Å². The van der Waals surface area contributed by atoms with Crippen molar-refractivity contribution in [2.75, 3.05) is 25.5 Å². The Morgan fingerprint density at radius 3 is 2.78 bits per heavy atom. The van der Waals surface area contributed by atoms with E-state index in [0.717, 1.165) is 43.0 Å². The predicted molar refractivity (Wildman–Crippen MR) is 131 cm³/mol. The van der Waals surface area contributed by atoms with E-state index >= 15 is 0 Å². The summed E-state index contributed by atoms with van der Waals surface area (Å²) >= 11 is 1.15. The van der Waals surface area contributed by atoms with Crippen molar-refractivity contribution in [2.24, 2.45) is 0 Å². The highest BCUT2D eigenvalue weighted by molar-refractivity contribution is 7.14. The lowest BCUT2D eigenvalue weighted by atomic mass is 10.0. The molecule has 3 N–H and O–H groups in total. The zero-order valence-electron chi connectivity index (χ0n) is 19.5. The number of anilines is 1. The van der Waals surface area contributed by atoms with Crippen LogP contribution >= 0.6 is 11.3 Å². The van der Waals surface area contributed by atoms with Crippen molar-refractivity contribution in [2.45, 2.75) is 38.1 Å². The van der Waals surface area contributed by atoms with Gasteiger partial charge in [0.2, 0.25) is 0 Å². The molecule has 1 saturated heterocycles. The van der Waals surface area contributed by atoms with Gasteiger partial charge in [-0.1, -0.05) is 17.4 Å². The van der Waals surface area contributed by atoms with Gasteiger partial charge < -0.3 is 20.1 Å². The van der Waals surface area contributed by atoms with Gasteiger partial charge in [0.25, 0.3) is 5.91 Å². The molecule has 190 valence electrons. The average Bonchev–Trinajstić information content (AvgIpc) is 3.59.